The van der Waals surface area contributed by atoms with E-state index in [-0.39, 0.29) is 12.2 Å². The molecule has 23 heavy (non-hydrogen) atoms. The fourth-order valence-electron chi connectivity index (χ4n) is 2.81. The fraction of sp³-hybridized carbons (Fsp3) is 0.467. The summed E-state index contributed by atoms with van der Waals surface area (Å²) in [4.78, 5) is 24.3. The van der Waals surface area contributed by atoms with Crippen LogP contribution in [0.15, 0.2) is 25.9 Å². The highest BCUT2D eigenvalue weighted by Crippen LogP contribution is 2.25. The van der Waals surface area contributed by atoms with Crippen LogP contribution in [-0.4, -0.2) is 64.2 Å². The number of H-pyrrole nitrogens is 1. The molecule has 8 heteroatoms. The first-order valence-electron chi connectivity index (χ1n) is 7.50. The Labute approximate surface area is 150 Å². The van der Waals surface area contributed by atoms with Gasteiger partial charge >= 0.3 is 0 Å². The second kappa shape index (κ2) is 7.40. The van der Waals surface area contributed by atoms with Gasteiger partial charge < -0.3 is 10.1 Å². The molecular formula is C15H18Br2N4O2. The Kier molecular flexibility index (Phi) is 5.48. The van der Waals surface area contributed by atoms with E-state index in [9.17, 15) is 4.79 Å². The molecule has 1 saturated heterocycles. The predicted molar refractivity (Wildman–Crippen MR) is 96.6 cm³/mol. The molecule has 1 aromatic carbocycles. The van der Waals surface area contributed by atoms with E-state index in [1.807, 2.05) is 6.07 Å². The number of aliphatic hydroxyl groups is 1. The van der Waals surface area contributed by atoms with Crippen molar-refractivity contribution in [3.8, 4) is 0 Å². The highest BCUT2D eigenvalue weighted by molar-refractivity contribution is 9.11. The number of aromatic amines is 1. The zero-order valence-electron chi connectivity index (χ0n) is 12.6. The van der Waals surface area contributed by atoms with Gasteiger partial charge in [-0.3, -0.25) is 14.6 Å². The number of halogens is 2. The van der Waals surface area contributed by atoms with E-state index in [0.29, 0.717) is 23.3 Å². The normalized spacial score (nSPS) is 17.0. The molecule has 1 fully saturated rings. The van der Waals surface area contributed by atoms with Gasteiger partial charge in [-0.25, -0.2) is 4.98 Å². The van der Waals surface area contributed by atoms with Crippen LogP contribution in [0.5, 0.6) is 0 Å². The molecule has 2 aromatic rings. The third-order valence-electron chi connectivity index (χ3n) is 4.03. The van der Waals surface area contributed by atoms with E-state index >= 15 is 0 Å². The van der Waals surface area contributed by atoms with Crippen LogP contribution < -0.4 is 5.56 Å². The smallest absolute Gasteiger partial charge is 0.258 e. The molecule has 0 unspecified atom stereocenters. The van der Waals surface area contributed by atoms with Crippen LogP contribution in [0.1, 0.15) is 5.82 Å². The summed E-state index contributed by atoms with van der Waals surface area (Å²) in [6, 6.07) is 3.68. The number of piperazine rings is 1. The Hall–Kier alpha value is -0.800. The zero-order chi connectivity index (χ0) is 16.4. The number of benzene rings is 1. The van der Waals surface area contributed by atoms with E-state index < -0.39 is 0 Å². The summed E-state index contributed by atoms with van der Waals surface area (Å²) in [5.41, 5.74) is 0.566. The number of aromatic nitrogens is 2. The van der Waals surface area contributed by atoms with E-state index in [2.05, 4.69) is 51.6 Å². The number of rotatable bonds is 4. The van der Waals surface area contributed by atoms with E-state index in [1.165, 1.54) is 0 Å². The minimum Gasteiger partial charge on any atom is -0.395 e. The molecule has 0 amide bonds. The maximum Gasteiger partial charge on any atom is 0.258 e. The minimum atomic E-state index is -0.120. The summed E-state index contributed by atoms with van der Waals surface area (Å²) in [6.45, 7) is 5.21. The topological polar surface area (TPSA) is 72.5 Å². The molecule has 2 heterocycles. The number of nitrogens with one attached hydrogen (secondary N) is 1. The molecule has 0 saturated carbocycles. The van der Waals surface area contributed by atoms with E-state index in [4.69, 9.17) is 5.11 Å². The van der Waals surface area contributed by atoms with Crippen molar-refractivity contribution in [2.75, 3.05) is 39.3 Å². The Balaban J connectivity index is 1.78. The first-order valence-corrected chi connectivity index (χ1v) is 9.09. The average Bonchev–Trinajstić information content (AvgIpc) is 2.51. The first kappa shape index (κ1) is 17.0. The van der Waals surface area contributed by atoms with Crippen LogP contribution in [0.2, 0.25) is 0 Å². The molecule has 2 N–H and O–H groups in total. The monoisotopic (exact) mass is 444 g/mol. The molecule has 0 atom stereocenters. The molecule has 1 aromatic heterocycles. The summed E-state index contributed by atoms with van der Waals surface area (Å²) >= 11 is 6.87. The lowest BCUT2D eigenvalue weighted by Crippen LogP contribution is -2.46. The molecule has 124 valence electrons. The first-order chi connectivity index (χ1) is 11.1. The number of hydrogen-bond donors (Lipinski definition) is 2. The highest BCUT2D eigenvalue weighted by atomic mass is 79.9. The second-order valence-corrected chi connectivity index (χ2v) is 7.41. The van der Waals surface area contributed by atoms with Crippen LogP contribution in [0.3, 0.4) is 0 Å². The number of aliphatic hydroxyl groups excluding tert-OH is 1. The van der Waals surface area contributed by atoms with Crippen molar-refractivity contribution >= 4 is 42.8 Å². The number of hydrogen-bond acceptors (Lipinski definition) is 5. The van der Waals surface area contributed by atoms with Gasteiger partial charge in [-0.1, -0.05) is 15.9 Å². The minimum absolute atomic E-state index is 0.120. The summed E-state index contributed by atoms with van der Waals surface area (Å²) in [5, 5.41) is 9.56. The number of fused-ring (bicyclic) bond motifs is 1. The van der Waals surface area contributed by atoms with Gasteiger partial charge in [-0.05, 0) is 28.1 Å². The second-order valence-electron chi connectivity index (χ2n) is 5.64. The van der Waals surface area contributed by atoms with Gasteiger partial charge in [0, 0.05) is 41.7 Å². The predicted octanol–water partition coefficient (Wildman–Crippen LogP) is 1.56. The molecule has 1 aliphatic rings. The summed E-state index contributed by atoms with van der Waals surface area (Å²) in [7, 11) is 0. The lowest BCUT2D eigenvalue weighted by molar-refractivity contribution is 0.107. The van der Waals surface area contributed by atoms with E-state index in [0.717, 1.165) is 41.7 Å². The quantitative estimate of drug-likeness (QED) is 0.747. The van der Waals surface area contributed by atoms with Gasteiger partial charge in [0.15, 0.2) is 0 Å². The molecule has 0 radical (unpaired) electrons. The Morgan fingerprint density at radius 2 is 1.87 bits per heavy atom. The van der Waals surface area contributed by atoms with Crippen molar-refractivity contribution in [1.82, 2.24) is 19.8 Å². The lowest BCUT2D eigenvalue weighted by Gasteiger charge is -2.33. The van der Waals surface area contributed by atoms with Crippen LogP contribution in [0.4, 0.5) is 0 Å². The van der Waals surface area contributed by atoms with Gasteiger partial charge in [0.1, 0.15) is 5.82 Å². The standard InChI is InChI=1S/C15H18Br2N4O2/c16-10-7-11-14(12(17)8-10)18-13(19-15(11)23)9-21-3-1-20(2-4-21)5-6-22/h7-8,22H,1-6,9H2,(H,18,19,23). The summed E-state index contributed by atoms with van der Waals surface area (Å²) in [6.07, 6.45) is 0. The largest absolute Gasteiger partial charge is 0.395 e. The van der Waals surface area contributed by atoms with Gasteiger partial charge in [0.2, 0.25) is 0 Å². The molecule has 3 rings (SSSR count). The third-order valence-corrected chi connectivity index (χ3v) is 5.09. The fourth-order valence-corrected chi connectivity index (χ4v) is 4.13. The van der Waals surface area contributed by atoms with Gasteiger partial charge in [-0.2, -0.15) is 0 Å². The maximum absolute atomic E-state index is 12.3. The Morgan fingerprint density at radius 3 is 2.57 bits per heavy atom. The van der Waals surface area contributed by atoms with E-state index in [1.54, 1.807) is 6.07 Å². The molecule has 1 aliphatic heterocycles. The molecule has 0 aliphatic carbocycles. The molecule has 0 spiro atoms. The van der Waals surface area contributed by atoms with Crippen LogP contribution >= 0.6 is 31.9 Å². The van der Waals surface area contributed by atoms with Crippen LogP contribution in [0, 0.1) is 0 Å². The lowest BCUT2D eigenvalue weighted by atomic mass is 10.2. The maximum atomic E-state index is 12.3. The average molecular weight is 446 g/mol. The molecule has 6 nitrogen and oxygen atoms in total. The van der Waals surface area contributed by atoms with Crippen molar-refractivity contribution in [2.24, 2.45) is 0 Å². The van der Waals surface area contributed by atoms with Crippen molar-refractivity contribution in [2.45, 2.75) is 6.54 Å². The SMILES string of the molecule is O=c1[nH]c(CN2CCN(CCO)CC2)nc2c(Br)cc(Br)cc12. The zero-order valence-corrected chi connectivity index (χ0v) is 15.7. The third kappa shape index (κ3) is 4.00. The van der Waals surface area contributed by atoms with Crippen molar-refractivity contribution < 1.29 is 5.11 Å². The van der Waals surface area contributed by atoms with Crippen molar-refractivity contribution in [3.63, 3.8) is 0 Å². The summed E-state index contributed by atoms with van der Waals surface area (Å²) < 4.78 is 1.65. The highest BCUT2D eigenvalue weighted by Gasteiger charge is 2.18. The van der Waals surface area contributed by atoms with Crippen molar-refractivity contribution in [1.29, 1.82) is 0 Å². The molecule has 0 bridgehead atoms. The summed E-state index contributed by atoms with van der Waals surface area (Å²) in [5.74, 6) is 0.682. The van der Waals surface area contributed by atoms with Crippen LogP contribution in [-0.2, 0) is 6.54 Å². The van der Waals surface area contributed by atoms with Crippen LogP contribution in [0.25, 0.3) is 10.9 Å². The van der Waals surface area contributed by atoms with Crippen molar-refractivity contribution in [3.05, 3.63) is 37.3 Å². The number of nitrogens with zero attached hydrogens (tertiary/aromatic N) is 3. The van der Waals surface area contributed by atoms with Gasteiger partial charge in [-0.15, -0.1) is 0 Å². The molecular weight excluding hydrogens is 428 g/mol. The van der Waals surface area contributed by atoms with Gasteiger partial charge in [0.25, 0.3) is 5.56 Å². The Morgan fingerprint density at radius 1 is 1.17 bits per heavy atom. The van der Waals surface area contributed by atoms with Gasteiger partial charge in [0.05, 0.1) is 24.1 Å². The Bertz CT molecular complexity index is 757. The number of β-amino-alcohol motifs (C(OH)–C–C–N with tert-alkyl or cyclic N) is 1.